The highest BCUT2D eigenvalue weighted by molar-refractivity contribution is 7.09. The molecule has 1 aliphatic carbocycles. The van der Waals surface area contributed by atoms with Gasteiger partial charge in [-0.2, -0.15) is 0 Å². The highest BCUT2D eigenvalue weighted by Crippen LogP contribution is 2.41. The standard InChI is InChI=1S/C17H30N2OS/c1-6-11-18-17(10-8-7-9-14(17)20-5)15-19-13(12-21-15)16(2,3)4/h12,14,18H,6-11H2,1-5H3. The molecule has 0 amide bonds. The first-order valence-electron chi connectivity index (χ1n) is 8.18. The fourth-order valence-corrected chi connectivity index (χ4v) is 4.45. The van der Waals surface area contributed by atoms with Crippen molar-refractivity contribution < 1.29 is 4.74 Å². The van der Waals surface area contributed by atoms with Gasteiger partial charge in [0.15, 0.2) is 0 Å². The first-order valence-corrected chi connectivity index (χ1v) is 9.06. The summed E-state index contributed by atoms with van der Waals surface area (Å²) in [4.78, 5) is 5.00. The molecule has 120 valence electrons. The Hall–Kier alpha value is -0.450. The number of aromatic nitrogens is 1. The molecule has 0 saturated heterocycles. The van der Waals surface area contributed by atoms with E-state index >= 15 is 0 Å². The van der Waals surface area contributed by atoms with E-state index in [4.69, 9.17) is 9.72 Å². The maximum absolute atomic E-state index is 5.86. The van der Waals surface area contributed by atoms with Gasteiger partial charge in [-0.1, -0.05) is 40.5 Å². The molecule has 1 aliphatic rings. The van der Waals surface area contributed by atoms with Gasteiger partial charge in [0.2, 0.25) is 0 Å². The van der Waals surface area contributed by atoms with Crippen LogP contribution >= 0.6 is 11.3 Å². The van der Waals surface area contributed by atoms with Gasteiger partial charge in [0.05, 0.1) is 17.3 Å². The SMILES string of the molecule is CCCNC1(c2nc(C(C)(C)C)cs2)CCCCC1OC. The Labute approximate surface area is 133 Å². The van der Waals surface area contributed by atoms with Crippen LogP contribution < -0.4 is 5.32 Å². The lowest BCUT2D eigenvalue weighted by Crippen LogP contribution is -2.54. The molecule has 2 unspecified atom stereocenters. The maximum atomic E-state index is 5.86. The summed E-state index contributed by atoms with van der Waals surface area (Å²) in [7, 11) is 1.84. The Morgan fingerprint density at radius 3 is 2.76 bits per heavy atom. The second-order valence-electron chi connectivity index (χ2n) is 7.16. The van der Waals surface area contributed by atoms with Gasteiger partial charge in [0.25, 0.3) is 0 Å². The lowest BCUT2D eigenvalue weighted by Gasteiger charge is -2.42. The smallest absolute Gasteiger partial charge is 0.116 e. The highest BCUT2D eigenvalue weighted by Gasteiger charge is 2.44. The van der Waals surface area contributed by atoms with E-state index in [2.05, 4.69) is 38.4 Å². The molecule has 4 heteroatoms. The van der Waals surface area contributed by atoms with Gasteiger partial charge in [0, 0.05) is 17.9 Å². The zero-order valence-electron chi connectivity index (χ0n) is 14.2. The topological polar surface area (TPSA) is 34.2 Å². The number of hydrogen-bond donors (Lipinski definition) is 1. The third-order valence-corrected chi connectivity index (χ3v) is 5.49. The van der Waals surface area contributed by atoms with Crippen LogP contribution in [0.2, 0.25) is 0 Å². The summed E-state index contributed by atoms with van der Waals surface area (Å²) in [6, 6.07) is 0. The van der Waals surface area contributed by atoms with Crippen LogP contribution in [0, 0.1) is 0 Å². The Bertz CT molecular complexity index is 452. The predicted molar refractivity (Wildman–Crippen MR) is 90.1 cm³/mol. The number of methoxy groups -OCH3 is 1. The molecule has 1 N–H and O–H groups in total. The van der Waals surface area contributed by atoms with Crippen molar-refractivity contribution in [1.29, 1.82) is 0 Å². The molecule has 0 radical (unpaired) electrons. The minimum atomic E-state index is -0.0861. The average Bonchev–Trinajstić information content (AvgIpc) is 2.95. The molecule has 1 aromatic heterocycles. The predicted octanol–water partition coefficient (Wildman–Crippen LogP) is 4.22. The zero-order chi connectivity index (χ0) is 15.5. The minimum Gasteiger partial charge on any atom is -0.379 e. The van der Waals surface area contributed by atoms with E-state index in [0.717, 1.165) is 25.8 Å². The van der Waals surface area contributed by atoms with Crippen LogP contribution in [0.1, 0.15) is 70.5 Å². The van der Waals surface area contributed by atoms with Gasteiger partial charge in [0.1, 0.15) is 5.01 Å². The van der Waals surface area contributed by atoms with E-state index in [1.807, 2.05) is 7.11 Å². The molecule has 0 spiro atoms. The lowest BCUT2D eigenvalue weighted by atomic mass is 9.79. The third-order valence-electron chi connectivity index (χ3n) is 4.47. The monoisotopic (exact) mass is 310 g/mol. The number of ether oxygens (including phenoxy) is 1. The fraction of sp³-hybridized carbons (Fsp3) is 0.824. The molecular weight excluding hydrogens is 280 g/mol. The molecule has 2 rings (SSSR count). The van der Waals surface area contributed by atoms with E-state index in [1.54, 1.807) is 11.3 Å². The molecule has 1 fully saturated rings. The quantitative estimate of drug-likeness (QED) is 0.884. The van der Waals surface area contributed by atoms with E-state index in [9.17, 15) is 0 Å². The van der Waals surface area contributed by atoms with Crippen LogP contribution in [0.25, 0.3) is 0 Å². The Balaban J connectivity index is 2.36. The molecule has 0 bridgehead atoms. The number of nitrogens with one attached hydrogen (secondary N) is 1. The van der Waals surface area contributed by atoms with Crippen LogP contribution in [0.15, 0.2) is 5.38 Å². The molecule has 0 aliphatic heterocycles. The largest absolute Gasteiger partial charge is 0.379 e. The van der Waals surface area contributed by atoms with Crippen molar-refractivity contribution in [3.05, 3.63) is 16.1 Å². The minimum absolute atomic E-state index is 0.0861. The summed E-state index contributed by atoms with van der Waals surface area (Å²) in [5.41, 5.74) is 1.22. The van der Waals surface area contributed by atoms with E-state index in [0.29, 0.717) is 0 Å². The number of hydrogen-bond acceptors (Lipinski definition) is 4. The summed E-state index contributed by atoms with van der Waals surface area (Å²) < 4.78 is 5.86. The van der Waals surface area contributed by atoms with Crippen LogP contribution in [0.4, 0.5) is 0 Å². The molecule has 1 saturated carbocycles. The van der Waals surface area contributed by atoms with E-state index < -0.39 is 0 Å². The highest BCUT2D eigenvalue weighted by atomic mass is 32.1. The fourth-order valence-electron chi connectivity index (χ4n) is 3.15. The van der Waals surface area contributed by atoms with Crippen molar-refractivity contribution in [2.75, 3.05) is 13.7 Å². The van der Waals surface area contributed by atoms with Crippen LogP contribution in [-0.4, -0.2) is 24.7 Å². The summed E-state index contributed by atoms with van der Waals surface area (Å²) >= 11 is 1.80. The van der Waals surface area contributed by atoms with Crippen molar-refractivity contribution in [2.24, 2.45) is 0 Å². The van der Waals surface area contributed by atoms with Crippen molar-refractivity contribution in [1.82, 2.24) is 10.3 Å². The van der Waals surface area contributed by atoms with Gasteiger partial charge in [-0.3, -0.25) is 0 Å². The molecule has 2 atom stereocenters. The second kappa shape index (κ2) is 6.76. The first-order chi connectivity index (χ1) is 9.94. The van der Waals surface area contributed by atoms with E-state index in [-0.39, 0.29) is 17.1 Å². The van der Waals surface area contributed by atoms with Crippen LogP contribution in [0.3, 0.4) is 0 Å². The summed E-state index contributed by atoms with van der Waals surface area (Å²) in [5.74, 6) is 0. The molecular formula is C17H30N2OS. The zero-order valence-corrected chi connectivity index (χ0v) is 15.0. The van der Waals surface area contributed by atoms with Crippen molar-refractivity contribution >= 4 is 11.3 Å². The van der Waals surface area contributed by atoms with Gasteiger partial charge in [-0.05, 0) is 25.8 Å². The summed E-state index contributed by atoms with van der Waals surface area (Å²) in [5, 5.41) is 7.23. The molecule has 1 aromatic rings. The Morgan fingerprint density at radius 2 is 2.19 bits per heavy atom. The molecule has 21 heavy (non-hydrogen) atoms. The van der Waals surface area contributed by atoms with Crippen LogP contribution in [-0.2, 0) is 15.7 Å². The number of rotatable bonds is 5. The van der Waals surface area contributed by atoms with E-state index in [1.165, 1.54) is 23.5 Å². The third kappa shape index (κ3) is 3.49. The van der Waals surface area contributed by atoms with Crippen molar-refractivity contribution in [3.63, 3.8) is 0 Å². The molecule has 3 nitrogen and oxygen atoms in total. The number of thiazole rings is 1. The van der Waals surface area contributed by atoms with Gasteiger partial charge in [-0.25, -0.2) is 4.98 Å². The lowest BCUT2D eigenvalue weighted by molar-refractivity contribution is -0.0155. The normalized spacial score (nSPS) is 27.0. The second-order valence-corrected chi connectivity index (χ2v) is 8.01. The summed E-state index contributed by atoms with van der Waals surface area (Å²) in [6.45, 7) is 9.92. The average molecular weight is 311 g/mol. The van der Waals surface area contributed by atoms with Crippen molar-refractivity contribution in [2.45, 2.75) is 76.9 Å². The number of nitrogens with zero attached hydrogens (tertiary/aromatic N) is 1. The Morgan fingerprint density at radius 1 is 1.43 bits per heavy atom. The first kappa shape index (κ1) is 16.9. The molecule has 0 aromatic carbocycles. The summed E-state index contributed by atoms with van der Waals surface area (Å²) in [6.07, 6.45) is 6.12. The van der Waals surface area contributed by atoms with Gasteiger partial charge < -0.3 is 10.1 Å². The van der Waals surface area contributed by atoms with Gasteiger partial charge in [-0.15, -0.1) is 11.3 Å². The maximum Gasteiger partial charge on any atom is 0.116 e. The Kier molecular flexibility index (Phi) is 5.44. The van der Waals surface area contributed by atoms with Crippen LogP contribution in [0.5, 0.6) is 0 Å². The molecule has 1 heterocycles. The van der Waals surface area contributed by atoms with Crippen molar-refractivity contribution in [3.8, 4) is 0 Å². The van der Waals surface area contributed by atoms with Gasteiger partial charge >= 0.3 is 0 Å².